The third kappa shape index (κ3) is 4.69. The molecule has 0 saturated carbocycles. The van der Waals surface area contributed by atoms with Crippen molar-refractivity contribution in [3.8, 4) is 0 Å². The van der Waals surface area contributed by atoms with E-state index in [1.165, 1.54) is 11.4 Å². The lowest BCUT2D eigenvalue weighted by Crippen LogP contribution is -2.48. The second-order valence-electron chi connectivity index (χ2n) is 5.36. The minimum Gasteiger partial charge on any atom is -0.469 e. The monoisotopic (exact) mass is 308 g/mol. The number of rotatable bonds is 6. The molecule has 1 unspecified atom stereocenters. The standard InChI is InChI=1S/C12H24N2O5S/c1-9(2)11(15)8-13-20(17,18)14-6-4-10(5-7-14)12(16)19-3/h9-11,13,15H,4-8H2,1-3H3. The molecule has 1 fully saturated rings. The summed E-state index contributed by atoms with van der Waals surface area (Å²) in [5.41, 5.74) is 0. The fraction of sp³-hybridized carbons (Fsp3) is 0.917. The number of nitrogens with zero attached hydrogens (tertiary/aromatic N) is 1. The lowest BCUT2D eigenvalue weighted by Gasteiger charge is -2.30. The van der Waals surface area contributed by atoms with E-state index in [0.29, 0.717) is 12.8 Å². The van der Waals surface area contributed by atoms with Crippen LogP contribution < -0.4 is 4.72 Å². The van der Waals surface area contributed by atoms with Crippen LogP contribution in [0.3, 0.4) is 0 Å². The highest BCUT2D eigenvalue weighted by Crippen LogP contribution is 2.20. The molecule has 0 bridgehead atoms. The third-order valence-corrected chi connectivity index (χ3v) is 5.15. The minimum atomic E-state index is -3.60. The van der Waals surface area contributed by atoms with Gasteiger partial charge >= 0.3 is 5.97 Å². The molecule has 1 atom stereocenters. The van der Waals surface area contributed by atoms with Gasteiger partial charge in [-0.1, -0.05) is 13.8 Å². The summed E-state index contributed by atoms with van der Waals surface area (Å²) in [6, 6.07) is 0. The number of hydrogen-bond donors (Lipinski definition) is 2. The Balaban J connectivity index is 2.48. The van der Waals surface area contributed by atoms with Gasteiger partial charge in [-0.3, -0.25) is 4.79 Å². The van der Waals surface area contributed by atoms with Gasteiger partial charge in [0.05, 0.1) is 19.1 Å². The third-order valence-electron chi connectivity index (χ3n) is 3.57. The first-order valence-electron chi connectivity index (χ1n) is 6.78. The predicted octanol–water partition coefficient (Wildman–Crippen LogP) is -0.277. The molecule has 1 saturated heterocycles. The second kappa shape index (κ2) is 7.35. The van der Waals surface area contributed by atoms with Gasteiger partial charge in [-0.15, -0.1) is 0 Å². The number of carbonyl (C=O) groups excluding carboxylic acids is 1. The van der Waals surface area contributed by atoms with Gasteiger partial charge in [-0.2, -0.15) is 17.4 Å². The normalized spacial score (nSPS) is 20.1. The molecule has 0 spiro atoms. The van der Waals surface area contributed by atoms with Crippen molar-refractivity contribution in [3.63, 3.8) is 0 Å². The van der Waals surface area contributed by atoms with Crippen LogP contribution in [0.4, 0.5) is 0 Å². The van der Waals surface area contributed by atoms with Crippen LogP contribution in [0.1, 0.15) is 26.7 Å². The molecule has 2 N–H and O–H groups in total. The summed E-state index contributed by atoms with van der Waals surface area (Å²) in [5.74, 6) is -0.527. The first-order chi connectivity index (χ1) is 9.27. The molecule has 1 rings (SSSR count). The van der Waals surface area contributed by atoms with Crippen LogP contribution in [-0.2, 0) is 19.7 Å². The minimum absolute atomic E-state index is 0.00305. The number of piperidine rings is 1. The summed E-state index contributed by atoms with van der Waals surface area (Å²) in [7, 11) is -2.26. The van der Waals surface area contributed by atoms with E-state index in [2.05, 4.69) is 9.46 Å². The molecule has 0 aliphatic carbocycles. The van der Waals surface area contributed by atoms with E-state index in [9.17, 15) is 18.3 Å². The van der Waals surface area contributed by atoms with Crippen molar-refractivity contribution in [3.05, 3.63) is 0 Å². The molecule has 1 heterocycles. The maximum absolute atomic E-state index is 12.0. The van der Waals surface area contributed by atoms with Gasteiger partial charge < -0.3 is 9.84 Å². The first kappa shape index (κ1) is 17.4. The van der Waals surface area contributed by atoms with Crippen LogP contribution in [0.2, 0.25) is 0 Å². The molecule has 118 valence electrons. The summed E-state index contributed by atoms with van der Waals surface area (Å²) in [6.07, 6.45) is 0.207. The summed E-state index contributed by atoms with van der Waals surface area (Å²) in [5, 5.41) is 9.63. The van der Waals surface area contributed by atoms with Crippen LogP contribution in [0.25, 0.3) is 0 Å². The Bertz CT molecular complexity index is 416. The Kier molecular flexibility index (Phi) is 6.38. The van der Waals surface area contributed by atoms with E-state index in [1.807, 2.05) is 13.8 Å². The number of nitrogens with one attached hydrogen (secondary N) is 1. The van der Waals surface area contributed by atoms with Crippen molar-refractivity contribution in [2.75, 3.05) is 26.7 Å². The fourth-order valence-electron chi connectivity index (χ4n) is 2.02. The van der Waals surface area contributed by atoms with Gasteiger partial charge in [-0.25, -0.2) is 0 Å². The highest BCUT2D eigenvalue weighted by Gasteiger charge is 2.31. The Morgan fingerprint density at radius 2 is 1.95 bits per heavy atom. The largest absolute Gasteiger partial charge is 0.469 e. The molecule has 8 heteroatoms. The van der Waals surface area contributed by atoms with E-state index in [-0.39, 0.29) is 37.4 Å². The smallest absolute Gasteiger partial charge is 0.308 e. The molecule has 20 heavy (non-hydrogen) atoms. The Morgan fingerprint density at radius 3 is 2.40 bits per heavy atom. The number of aliphatic hydroxyl groups excluding tert-OH is 1. The van der Waals surface area contributed by atoms with Gasteiger partial charge in [0.1, 0.15) is 0 Å². The number of ether oxygens (including phenoxy) is 1. The molecular formula is C12H24N2O5S. The number of aliphatic hydroxyl groups is 1. The Labute approximate surface area is 120 Å². The zero-order valence-corrected chi connectivity index (χ0v) is 13.0. The van der Waals surface area contributed by atoms with Crippen LogP contribution in [-0.4, -0.2) is 56.6 Å². The maximum atomic E-state index is 12.0. The average Bonchev–Trinajstić information content (AvgIpc) is 2.44. The quantitative estimate of drug-likeness (QED) is 0.658. The summed E-state index contributed by atoms with van der Waals surface area (Å²) in [6.45, 7) is 4.21. The summed E-state index contributed by atoms with van der Waals surface area (Å²) < 4.78 is 32.5. The molecule has 7 nitrogen and oxygen atoms in total. The van der Waals surface area contributed by atoms with Crippen molar-refractivity contribution >= 4 is 16.2 Å². The maximum Gasteiger partial charge on any atom is 0.308 e. The van der Waals surface area contributed by atoms with Crippen LogP contribution in [0.15, 0.2) is 0 Å². The lowest BCUT2D eigenvalue weighted by atomic mass is 9.99. The summed E-state index contributed by atoms with van der Waals surface area (Å²) >= 11 is 0. The van der Waals surface area contributed by atoms with Gasteiger partial charge in [-0.05, 0) is 18.8 Å². The van der Waals surface area contributed by atoms with Crippen molar-refractivity contribution in [1.82, 2.24) is 9.03 Å². The van der Waals surface area contributed by atoms with Gasteiger partial charge in [0.15, 0.2) is 0 Å². The number of esters is 1. The fourth-order valence-corrected chi connectivity index (χ4v) is 3.27. The highest BCUT2D eigenvalue weighted by atomic mass is 32.2. The molecule has 1 aliphatic rings. The van der Waals surface area contributed by atoms with E-state index < -0.39 is 16.3 Å². The SMILES string of the molecule is COC(=O)C1CCN(S(=O)(=O)NCC(O)C(C)C)CC1. The van der Waals surface area contributed by atoms with E-state index in [0.717, 1.165) is 0 Å². The van der Waals surface area contributed by atoms with Crippen molar-refractivity contribution in [2.24, 2.45) is 11.8 Å². The molecule has 0 aromatic carbocycles. The predicted molar refractivity (Wildman–Crippen MR) is 74.1 cm³/mol. The van der Waals surface area contributed by atoms with E-state index in [1.54, 1.807) is 0 Å². The van der Waals surface area contributed by atoms with E-state index >= 15 is 0 Å². The topological polar surface area (TPSA) is 95.9 Å². The Hall–Kier alpha value is -0.700. The molecule has 0 aromatic heterocycles. The second-order valence-corrected chi connectivity index (χ2v) is 7.12. The molecule has 0 radical (unpaired) electrons. The number of carbonyl (C=O) groups is 1. The average molecular weight is 308 g/mol. The molecule has 1 aliphatic heterocycles. The van der Waals surface area contributed by atoms with E-state index in [4.69, 9.17) is 0 Å². The summed E-state index contributed by atoms with van der Waals surface area (Å²) in [4.78, 5) is 11.4. The number of methoxy groups -OCH3 is 1. The van der Waals surface area contributed by atoms with Crippen LogP contribution in [0.5, 0.6) is 0 Å². The zero-order valence-electron chi connectivity index (χ0n) is 12.2. The van der Waals surface area contributed by atoms with Crippen molar-refractivity contribution in [2.45, 2.75) is 32.8 Å². The Morgan fingerprint density at radius 1 is 1.40 bits per heavy atom. The van der Waals surface area contributed by atoms with Crippen LogP contribution >= 0.6 is 0 Å². The highest BCUT2D eigenvalue weighted by molar-refractivity contribution is 7.87. The van der Waals surface area contributed by atoms with Gasteiger partial charge in [0.2, 0.25) is 0 Å². The molecule has 0 amide bonds. The van der Waals surface area contributed by atoms with Crippen LogP contribution in [0, 0.1) is 11.8 Å². The van der Waals surface area contributed by atoms with Gasteiger partial charge in [0, 0.05) is 19.6 Å². The van der Waals surface area contributed by atoms with Crippen molar-refractivity contribution in [1.29, 1.82) is 0 Å². The lowest BCUT2D eigenvalue weighted by molar-refractivity contribution is -0.146. The first-order valence-corrected chi connectivity index (χ1v) is 8.22. The van der Waals surface area contributed by atoms with Gasteiger partial charge in [0.25, 0.3) is 10.2 Å². The molecule has 0 aromatic rings. The zero-order chi connectivity index (χ0) is 15.3. The molecular weight excluding hydrogens is 284 g/mol. The van der Waals surface area contributed by atoms with Crippen molar-refractivity contribution < 1.29 is 23.1 Å². The number of hydrogen-bond acceptors (Lipinski definition) is 5.